The Labute approximate surface area is 160 Å². The second-order valence-corrected chi connectivity index (χ2v) is 4.24. The Morgan fingerprint density at radius 1 is 1.04 bits per heavy atom. The minimum atomic E-state index is 0. The molecule has 0 fully saturated rings. The first-order chi connectivity index (χ1) is 11.2. The largest absolute Gasteiger partial charge is 2.00 e. The van der Waals surface area contributed by atoms with Crippen molar-refractivity contribution in [3.63, 3.8) is 0 Å². The maximum atomic E-state index is 7.50. The van der Waals surface area contributed by atoms with Crippen LogP contribution in [-0.2, 0) is 44.5 Å². The SMILES string of the molecule is Cc1ccccc1.Cn1[c-][n+](C)cc1.[C-]#[O+].[C-]#[O+].[H-].[W+2].c1cc[cH-]c1. The van der Waals surface area contributed by atoms with Gasteiger partial charge in [0.05, 0.1) is 14.1 Å². The third kappa shape index (κ3) is 18.0. The summed E-state index contributed by atoms with van der Waals surface area (Å²) in [6.07, 6.45) is 6.86. The molecule has 126 valence electrons. The molecule has 0 bridgehead atoms. The molecule has 0 atom stereocenters. The van der Waals surface area contributed by atoms with Gasteiger partial charge in [0.2, 0.25) is 6.33 Å². The summed E-state index contributed by atoms with van der Waals surface area (Å²) < 4.78 is 18.8. The molecule has 0 spiro atoms. The van der Waals surface area contributed by atoms with Crippen molar-refractivity contribution >= 4 is 0 Å². The average molecular weight is 494 g/mol. The number of imidazole rings is 1. The molecule has 3 aromatic rings. The molecule has 0 saturated carbocycles. The summed E-state index contributed by atoms with van der Waals surface area (Å²) in [5.41, 5.74) is 1.32. The van der Waals surface area contributed by atoms with Crippen LogP contribution in [0.1, 0.15) is 6.99 Å². The molecule has 4 nitrogen and oxygen atoms in total. The first-order valence-electron chi connectivity index (χ1n) is 6.68. The van der Waals surface area contributed by atoms with E-state index in [2.05, 4.69) is 38.7 Å². The standard InChI is InChI=1S/C7H8.C5H8N2.C5H5.2CO.W.H/c1-7-5-3-2-4-6-7;1-6-3-4-7(2)5-6;1-2-4-5-3-1;2*1-2;;/h2-6H,1H3;3-4H,1-2H3;1-5H;;;;/q;;-1;;;+2;-1. The van der Waals surface area contributed by atoms with Crippen molar-refractivity contribution in [2.45, 2.75) is 6.92 Å². The minimum Gasteiger partial charge on any atom is -1.00 e. The van der Waals surface area contributed by atoms with E-state index in [9.17, 15) is 0 Å². The van der Waals surface area contributed by atoms with E-state index in [0.717, 1.165) is 0 Å². The number of aryl methyl sites for hydroxylation is 3. The summed E-state index contributed by atoms with van der Waals surface area (Å²) in [5, 5.41) is 0. The van der Waals surface area contributed by atoms with Crippen molar-refractivity contribution in [2.24, 2.45) is 14.1 Å². The molecule has 1 aromatic heterocycles. The molecule has 0 aliphatic carbocycles. The van der Waals surface area contributed by atoms with Gasteiger partial charge in [-0.05, 0) is 19.3 Å². The van der Waals surface area contributed by atoms with Crippen molar-refractivity contribution in [1.82, 2.24) is 4.57 Å². The number of hydrogen-bond acceptors (Lipinski definition) is 0. The fraction of sp³-hybridized carbons (Fsp3) is 0.158. The second-order valence-electron chi connectivity index (χ2n) is 4.24. The van der Waals surface area contributed by atoms with Gasteiger partial charge in [0, 0.05) is 0 Å². The molecule has 0 unspecified atom stereocenters. The number of aromatic nitrogens is 2. The van der Waals surface area contributed by atoms with Gasteiger partial charge in [0.15, 0.2) is 0 Å². The van der Waals surface area contributed by atoms with Crippen LogP contribution in [0.15, 0.2) is 73.1 Å². The summed E-state index contributed by atoms with van der Waals surface area (Å²) in [7, 11) is 3.89. The molecule has 0 aliphatic heterocycles. The predicted molar refractivity (Wildman–Crippen MR) is 87.6 cm³/mol. The van der Waals surface area contributed by atoms with E-state index in [-0.39, 0.29) is 22.5 Å². The summed E-state index contributed by atoms with van der Waals surface area (Å²) in [6, 6.07) is 20.3. The monoisotopic (exact) mass is 494 g/mol. The van der Waals surface area contributed by atoms with Crippen LogP contribution < -0.4 is 4.57 Å². The van der Waals surface area contributed by atoms with Crippen molar-refractivity contribution in [1.29, 1.82) is 0 Å². The van der Waals surface area contributed by atoms with Gasteiger partial charge in [-0.25, -0.2) is 12.1 Å². The molecule has 2 aromatic carbocycles. The zero-order chi connectivity index (χ0) is 17.9. The van der Waals surface area contributed by atoms with Crippen LogP contribution in [0.5, 0.6) is 0 Å². The molecule has 0 radical (unpaired) electrons. The molecule has 0 saturated heterocycles. The summed E-state index contributed by atoms with van der Waals surface area (Å²) >= 11 is 0. The Morgan fingerprint density at radius 2 is 1.54 bits per heavy atom. The minimum absolute atomic E-state index is 0. The van der Waals surface area contributed by atoms with Crippen LogP contribution in [0, 0.1) is 26.6 Å². The van der Waals surface area contributed by atoms with Gasteiger partial charge in [-0.2, -0.15) is 18.2 Å². The van der Waals surface area contributed by atoms with Crippen molar-refractivity contribution < 1.29 is 36.4 Å². The quantitative estimate of drug-likeness (QED) is 0.262. The summed E-state index contributed by atoms with van der Waals surface area (Å²) in [5.74, 6) is 0. The summed E-state index contributed by atoms with van der Waals surface area (Å²) in [6.45, 7) is 11.1. The maximum Gasteiger partial charge on any atom is 2.00 e. The van der Waals surface area contributed by atoms with Gasteiger partial charge in [-0.3, -0.25) is 0 Å². The molecule has 0 aliphatic rings. The van der Waals surface area contributed by atoms with Crippen LogP contribution >= 0.6 is 0 Å². The van der Waals surface area contributed by atoms with Crippen molar-refractivity contribution in [3.8, 4) is 0 Å². The Hall–Kier alpha value is -2.05. The van der Waals surface area contributed by atoms with Gasteiger partial charge < -0.3 is 10.6 Å². The van der Waals surface area contributed by atoms with Crippen molar-refractivity contribution in [3.05, 3.63) is 98.2 Å². The molecule has 24 heavy (non-hydrogen) atoms. The normalized spacial score (nSPS) is 7.12. The van der Waals surface area contributed by atoms with Gasteiger partial charge >= 0.3 is 43.7 Å². The number of rotatable bonds is 0. The zero-order valence-corrected chi connectivity index (χ0v) is 17.0. The van der Waals surface area contributed by atoms with E-state index in [1.165, 1.54) is 5.56 Å². The van der Waals surface area contributed by atoms with E-state index >= 15 is 0 Å². The van der Waals surface area contributed by atoms with Gasteiger partial charge in [0.25, 0.3) is 0 Å². The first-order valence-corrected chi connectivity index (χ1v) is 6.68. The molecular weight excluding hydrogens is 472 g/mol. The topological polar surface area (TPSA) is 48.6 Å². The van der Waals surface area contributed by atoms with Gasteiger partial charge in [-0.15, -0.1) is 0 Å². The van der Waals surface area contributed by atoms with Crippen molar-refractivity contribution in [2.75, 3.05) is 0 Å². The summed E-state index contributed by atoms with van der Waals surface area (Å²) in [4.78, 5) is 0. The Morgan fingerprint density at radius 3 is 1.71 bits per heavy atom. The van der Waals surface area contributed by atoms with E-state index in [0.29, 0.717) is 0 Å². The second kappa shape index (κ2) is 20.9. The van der Waals surface area contributed by atoms with Crippen LogP contribution in [0.3, 0.4) is 0 Å². The molecule has 0 N–H and O–H groups in total. The van der Waals surface area contributed by atoms with Gasteiger partial charge in [-0.1, -0.05) is 35.9 Å². The molecule has 1 heterocycles. The third-order valence-corrected chi connectivity index (χ3v) is 2.33. The molecule has 0 amide bonds. The van der Waals surface area contributed by atoms with Crippen LogP contribution in [0.2, 0.25) is 0 Å². The molecule has 5 heteroatoms. The number of hydrogen-bond donors (Lipinski definition) is 0. The third-order valence-electron chi connectivity index (χ3n) is 2.33. The fourth-order valence-corrected chi connectivity index (χ4v) is 1.37. The van der Waals surface area contributed by atoms with Gasteiger partial charge in [0.1, 0.15) is 0 Å². The van der Waals surface area contributed by atoms with Crippen LogP contribution in [-0.4, -0.2) is 4.57 Å². The first kappa shape index (κ1) is 26.8. The maximum absolute atomic E-state index is 7.50. The Kier molecular flexibility index (Phi) is 23.4. The fourth-order valence-electron chi connectivity index (χ4n) is 1.37. The number of benzene rings is 1. The Balaban J connectivity index is -0.000000117. The van der Waals surface area contributed by atoms with E-state index < -0.39 is 0 Å². The molecular formula is C19H22N2O2W. The van der Waals surface area contributed by atoms with E-state index in [1.807, 2.05) is 84.2 Å². The number of nitrogens with zero attached hydrogens (tertiary/aromatic N) is 2. The van der Waals surface area contributed by atoms with E-state index in [1.54, 1.807) is 0 Å². The zero-order valence-electron chi connectivity index (χ0n) is 15.0. The average Bonchev–Trinajstić information content (AvgIpc) is 3.28. The smallest absolute Gasteiger partial charge is 1.00 e. The van der Waals surface area contributed by atoms with E-state index in [4.69, 9.17) is 9.30 Å². The van der Waals surface area contributed by atoms with Crippen LogP contribution in [0.25, 0.3) is 0 Å². The Bertz CT molecular complexity index is 581. The van der Waals surface area contributed by atoms with Crippen LogP contribution in [0.4, 0.5) is 0 Å². The molecule has 3 rings (SSSR count). The predicted octanol–water partition coefficient (Wildman–Crippen LogP) is 3.09.